The molecule has 43 heavy (non-hydrogen) atoms. The number of ether oxygens (including phenoxy) is 1. The number of hydrogen-bond acceptors (Lipinski definition) is 5. The van der Waals surface area contributed by atoms with Crippen molar-refractivity contribution in [2.24, 2.45) is 11.5 Å². The quantitative estimate of drug-likeness (QED) is 0.148. The molecule has 0 aromatic heterocycles. The topological polar surface area (TPSA) is 102 Å². The van der Waals surface area contributed by atoms with Crippen LogP contribution in [0.25, 0.3) is 0 Å². The molecule has 0 aliphatic heterocycles. The first-order valence-corrected chi connectivity index (χ1v) is 17.3. The Morgan fingerprint density at radius 2 is 0.977 bits per heavy atom. The Morgan fingerprint density at radius 3 is 0.977 bits per heavy atom. The molecular formula is C33H83BrF4N2O3. The van der Waals surface area contributed by atoms with Gasteiger partial charge in [-0.2, -0.15) is 0 Å². The summed E-state index contributed by atoms with van der Waals surface area (Å²) >= 11 is 3.25. The number of hydrogen-bond donors (Lipinski definition) is 4. The van der Waals surface area contributed by atoms with E-state index in [1.807, 2.05) is 34.6 Å². The average molecular weight is 712 g/mol. The highest BCUT2D eigenvalue weighted by molar-refractivity contribution is 9.09. The molecule has 0 bridgehead atoms. The number of alkyl halides is 5. The summed E-state index contributed by atoms with van der Waals surface area (Å²) in [4.78, 5) is 0. The van der Waals surface area contributed by atoms with Crippen LogP contribution in [0.15, 0.2) is 0 Å². The van der Waals surface area contributed by atoms with Gasteiger partial charge in [0.2, 0.25) is 5.92 Å². The summed E-state index contributed by atoms with van der Waals surface area (Å²) < 4.78 is 48.7. The van der Waals surface area contributed by atoms with E-state index in [1.165, 1.54) is 12.8 Å². The van der Waals surface area contributed by atoms with E-state index in [0.717, 1.165) is 58.0 Å². The van der Waals surface area contributed by atoms with Crippen molar-refractivity contribution in [3.63, 3.8) is 0 Å². The van der Waals surface area contributed by atoms with Gasteiger partial charge in [0, 0.05) is 31.7 Å². The van der Waals surface area contributed by atoms with E-state index in [4.69, 9.17) is 21.7 Å². The summed E-state index contributed by atoms with van der Waals surface area (Å²) in [6.07, 6.45) is 6.96. The van der Waals surface area contributed by atoms with Gasteiger partial charge in [0.05, 0.1) is 19.0 Å². The van der Waals surface area contributed by atoms with Gasteiger partial charge in [-0.3, -0.25) is 4.39 Å². The summed E-state index contributed by atoms with van der Waals surface area (Å²) in [7, 11) is 1.68. The van der Waals surface area contributed by atoms with Gasteiger partial charge in [-0.1, -0.05) is 84.7 Å². The van der Waals surface area contributed by atoms with Crippen LogP contribution in [0.2, 0.25) is 0 Å². The second-order valence-corrected chi connectivity index (χ2v) is 10.1. The fraction of sp³-hybridized carbons (Fsp3) is 1.00. The van der Waals surface area contributed by atoms with E-state index >= 15 is 0 Å². The molecule has 5 nitrogen and oxygen atoms in total. The van der Waals surface area contributed by atoms with Crippen molar-refractivity contribution in [1.82, 2.24) is 0 Å². The lowest BCUT2D eigenvalue weighted by atomic mass is 10.3. The summed E-state index contributed by atoms with van der Waals surface area (Å²) in [5.74, 6) is -2.50. The Kier molecular flexibility index (Phi) is 136. The maximum atomic E-state index is 11.4. The van der Waals surface area contributed by atoms with Crippen LogP contribution >= 0.6 is 15.9 Å². The molecule has 0 aliphatic carbocycles. The first kappa shape index (κ1) is 69.7. The molecule has 278 valence electrons. The maximum absolute atomic E-state index is 11.4. The molecule has 0 aromatic rings. The largest absolute Gasteiger partial charge is 0.396 e. The minimum Gasteiger partial charge on any atom is -0.396 e. The molecule has 0 spiro atoms. The molecule has 0 radical (unpaired) electrons. The van der Waals surface area contributed by atoms with Gasteiger partial charge in [-0.25, -0.2) is 13.2 Å². The monoisotopic (exact) mass is 711 g/mol. The maximum Gasteiger partial charge on any atom is 0.242 e. The Balaban J connectivity index is -0.0000000353. The molecule has 0 fully saturated rings. The van der Waals surface area contributed by atoms with Crippen molar-refractivity contribution >= 4 is 15.9 Å². The van der Waals surface area contributed by atoms with Gasteiger partial charge in [0.1, 0.15) is 0 Å². The number of rotatable bonds is 8. The van der Waals surface area contributed by atoms with Crippen LogP contribution < -0.4 is 11.5 Å². The molecule has 0 aromatic carbocycles. The van der Waals surface area contributed by atoms with E-state index in [-0.39, 0.29) is 12.8 Å². The van der Waals surface area contributed by atoms with Gasteiger partial charge in [-0.15, -0.1) is 0 Å². The summed E-state index contributed by atoms with van der Waals surface area (Å²) in [6, 6.07) is 0.384. The molecule has 0 rings (SSSR count). The van der Waals surface area contributed by atoms with Gasteiger partial charge in [0.25, 0.3) is 0 Å². The standard InChI is InChI=1S/C4H9F.C4H11N.C4H10O.C3H7Br.C3H6F2.C3H7F.C3H9N.2C3H8O.C3H8/c3*1-3-4(2)5;1-2-3-4;1-3(2,4)5;2*1-2-3-4;1-3-4-2;1-2-3-4;1-3-2/h4H,3H2,1-2H3;4H,3,5H2,1-2H3;4-5H,3H2,1-2H3;2-3H2,1H3;1-2H3;2-3H2,1H3;2-4H2,1H3;3H2,1-2H3;4H,2-3H2,1H3;3H2,1-2H3. The highest BCUT2D eigenvalue weighted by Crippen LogP contribution is 2.06. The van der Waals surface area contributed by atoms with Crippen LogP contribution in [0.5, 0.6) is 0 Å². The van der Waals surface area contributed by atoms with E-state index < -0.39 is 12.1 Å². The van der Waals surface area contributed by atoms with E-state index in [0.29, 0.717) is 25.5 Å². The molecular weight excluding hydrogens is 628 g/mol. The predicted octanol–water partition coefficient (Wildman–Crippen LogP) is 10.9. The molecule has 3 atom stereocenters. The SMILES string of the molecule is CC(C)(F)F.CCC.CCC(C)F.CCC(C)N.CCC(C)O.CCCBr.CCCF.CCCN.CCCO.CCOC. The van der Waals surface area contributed by atoms with Crippen LogP contribution in [0.4, 0.5) is 17.6 Å². The van der Waals surface area contributed by atoms with Crippen LogP contribution in [-0.2, 0) is 4.74 Å². The summed E-state index contributed by atoms with van der Waals surface area (Å²) in [5, 5.41) is 17.4. The van der Waals surface area contributed by atoms with Crippen molar-refractivity contribution < 1.29 is 32.5 Å². The van der Waals surface area contributed by atoms with Crippen molar-refractivity contribution in [1.29, 1.82) is 0 Å². The lowest BCUT2D eigenvalue weighted by Gasteiger charge is -1.94. The van der Waals surface area contributed by atoms with Crippen molar-refractivity contribution in [2.45, 2.75) is 179 Å². The van der Waals surface area contributed by atoms with E-state index in [2.05, 4.69) is 55.3 Å². The molecule has 0 aliphatic rings. The average Bonchev–Trinajstić information content (AvgIpc) is 2.97. The Labute approximate surface area is 277 Å². The number of halogens is 5. The van der Waals surface area contributed by atoms with Crippen LogP contribution in [0, 0.1) is 0 Å². The fourth-order valence-electron chi connectivity index (χ4n) is 0. The van der Waals surface area contributed by atoms with Crippen LogP contribution in [-0.4, -0.2) is 73.3 Å². The zero-order valence-corrected chi connectivity index (χ0v) is 33.4. The lowest BCUT2D eigenvalue weighted by molar-refractivity contribution is 0.0437. The number of methoxy groups -OCH3 is 1. The molecule has 10 heteroatoms. The normalized spacial score (nSPS) is 10.5. The second-order valence-electron chi connectivity index (χ2n) is 9.33. The van der Waals surface area contributed by atoms with Crippen LogP contribution in [0.3, 0.4) is 0 Å². The zero-order chi connectivity index (χ0) is 37.1. The van der Waals surface area contributed by atoms with Gasteiger partial charge < -0.3 is 26.4 Å². The first-order chi connectivity index (χ1) is 19.8. The van der Waals surface area contributed by atoms with E-state index in [1.54, 1.807) is 27.9 Å². The minimum absolute atomic E-state index is 0.116. The zero-order valence-electron chi connectivity index (χ0n) is 31.8. The fourth-order valence-corrected chi connectivity index (χ4v) is 0. The Hall–Kier alpha value is -0.0000000000000000139. The van der Waals surface area contributed by atoms with Gasteiger partial charge in [0.15, 0.2) is 0 Å². The van der Waals surface area contributed by atoms with Crippen molar-refractivity contribution in [2.75, 3.05) is 38.9 Å². The van der Waals surface area contributed by atoms with Gasteiger partial charge >= 0.3 is 0 Å². The Bertz CT molecular complexity index is 260. The molecule has 6 N–H and O–H groups in total. The number of nitrogens with two attached hydrogens (primary N) is 2. The number of aliphatic hydroxyl groups excluding tert-OH is 2. The van der Waals surface area contributed by atoms with Crippen molar-refractivity contribution in [3.05, 3.63) is 0 Å². The smallest absolute Gasteiger partial charge is 0.242 e. The third-order valence-electron chi connectivity index (χ3n) is 2.98. The first-order valence-electron chi connectivity index (χ1n) is 16.2. The molecule has 0 saturated heterocycles. The lowest BCUT2D eigenvalue weighted by Crippen LogP contribution is -2.11. The predicted molar refractivity (Wildman–Crippen MR) is 194 cm³/mol. The Morgan fingerprint density at radius 1 is 0.791 bits per heavy atom. The third-order valence-corrected chi connectivity index (χ3v) is 3.77. The summed E-state index contributed by atoms with van der Waals surface area (Å²) in [5.41, 5.74) is 10.3. The molecule has 0 amide bonds. The third kappa shape index (κ3) is 555. The molecule has 0 saturated carbocycles. The second kappa shape index (κ2) is 84.0. The van der Waals surface area contributed by atoms with Gasteiger partial charge in [-0.05, 0) is 93.0 Å². The summed E-state index contributed by atoms with van der Waals surface area (Å²) in [6.45, 7) is 28.8. The van der Waals surface area contributed by atoms with Crippen LogP contribution in [0.1, 0.15) is 155 Å². The van der Waals surface area contributed by atoms with Crippen molar-refractivity contribution in [3.8, 4) is 0 Å². The number of aliphatic hydroxyl groups is 2. The highest BCUT2D eigenvalue weighted by Gasteiger charge is 2.08. The minimum atomic E-state index is -2.50. The van der Waals surface area contributed by atoms with E-state index in [9.17, 15) is 17.6 Å². The molecule has 0 heterocycles. The highest BCUT2D eigenvalue weighted by atomic mass is 79.9. The molecule has 3 unspecified atom stereocenters.